The zero-order valence-corrected chi connectivity index (χ0v) is 33.8. The summed E-state index contributed by atoms with van der Waals surface area (Å²) in [6.45, 7) is 6.08. The molecule has 0 heterocycles. The molecule has 10 atom stereocenters. The second-order valence-electron chi connectivity index (χ2n) is 13.1. The Morgan fingerprint density at radius 2 is 1.47 bits per heavy atom. The number of carbonyl (C=O) groups excluding carboxylic acids is 2. The van der Waals surface area contributed by atoms with Gasteiger partial charge in [-0.05, 0) is 104 Å². The fraction of sp³-hybridized carbons (Fsp3) is 0.923. The van der Waals surface area contributed by atoms with Gasteiger partial charge in [0.05, 0.1) is 12.5 Å². The van der Waals surface area contributed by atoms with Crippen LogP contribution in [0.15, 0.2) is 0 Å². The molecule has 4 aliphatic carbocycles. The minimum absolute atomic E-state index is 0. The Labute approximate surface area is 322 Å². The van der Waals surface area contributed by atoms with Crippen LogP contribution in [-0.4, -0.2) is 56.6 Å². The summed E-state index contributed by atoms with van der Waals surface area (Å²) in [5.74, 6) is 0.0769. The molecule has 0 radical (unpaired) electrons. The van der Waals surface area contributed by atoms with E-state index in [1.165, 1.54) is 0 Å². The number of amides is 1. The van der Waals surface area contributed by atoms with Crippen molar-refractivity contribution in [2.45, 2.75) is 97.2 Å². The molecule has 4 saturated carbocycles. The van der Waals surface area contributed by atoms with Crippen LogP contribution in [0.3, 0.4) is 0 Å². The predicted octanol–water partition coefficient (Wildman–Crippen LogP) is -7.76. The van der Waals surface area contributed by atoms with Crippen LogP contribution in [-0.2, 0) is 38.8 Å². The summed E-state index contributed by atoms with van der Waals surface area (Å²) in [5, 5.41) is 13.0. The SMILES string of the molecule is C[C@H](CCC(=O)NCC(=O)[O-])[C@H]1CC[C@H]2[C@@H]3CC[C@H]4C[C@H](OS(=O)(=O)[O-])[C@@H](OS(=O)(=O)[O-])C[C@]4(C)[C@H]3CC[C@]12C.[Na+].[Na+].[Na+]. The van der Waals surface area contributed by atoms with Crippen LogP contribution in [0.1, 0.15) is 85.0 Å². The molecular formula is C26H40NNa3O11S2. The summed E-state index contributed by atoms with van der Waals surface area (Å²) in [6.07, 6.45) is 4.11. The van der Waals surface area contributed by atoms with Crippen molar-refractivity contribution >= 4 is 32.7 Å². The van der Waals surface area contributed by atoms with Gasteiger partial charge in [0.1, 0.15) is 12.2 Å². The van der Waals surface area contributed by atoms with Crippen LogP contribution < -0.4 is 99.1 Å². The molecule has 4 aliphatic rings. The third-order valence-electron chi connectivity index (χ3n) is 11.1. The summed E-state index contributed by atoms with van der Waals surface area (Å²) in [4.78, 5) is 22.7. The molecule has 1 N–H and O–H groups in total. The minimum Gasteiger partial charge on any atom is -0.726 e. The first-order valence-electron chi connectivity index (χ1n) is 14.2. The van der Waals surface area contributed by atoms with E-state index in [0.717, 1.165) is 38.5 Å². The minimum atomic E-state index is -5.15. The molecular weight excluding hydrogens is 635 g/mol. The van der Waals surface area contributed by atoms with E-state index >= 15 is 0 Å². The number of fused-ring (bicyclic) bond motifs is 5. The first-order chi connectivity index (χ1) is 18.4. The van der Waals surface area contributed by atoms with Crippen LogP contribution in [0.25, 0.3) is 0 Å². The van der Waals surface area contributed by atoms with Crippen molar-refractivity contribution in [1.29, 1.82) is 0 Å². The molecule has 4 rings (SSSR count). The summed E-state index contributed by atoms with van der Waals surface area (Å²) in [5.41, 5.74) is -0.344. The van der Waals surface area contributed by atoms with Gasteiger partial charge < -0.3 is 24.3 Å². The van der Waals surface area contributed by atoms with Gasteiger partial charge in [0.15, 0.2) is 0 Å². The fourth-order valence-electron chi connectivity index (χ4n) is 9.53. The Morgan fingerprint density at radius 3 is 2.05 bits per heavy atom. The van der Waals surface area contributed by atoms with E-state index < -0.39 is 50.9 Å². The van der Waals surface area contributed by atoms with Gasteiger partial charge in [-0.3, -0.25) is 13.2 Å². The maximum absolute atomic E-state index is 12.1. The van der Waals surface area contributed by atoms with E-state index in [0.29, 0.717) is 24.2 Å². The third-order valence-corrected chi connectivity index (χ3v) is 12.1. The van der Waals surface area contributed by atoms with Crippen molar-refractivity contribution in [1.82, 2.24) is 5.32 Å². The number of rotatable bonds is 10. The van der Waals surface area contributed by atoms with Crippen molar-refractivity contribution in [3.05, 3.63) is 0 Å². The standard InChI is InChI=1S/C26H43NO11S2.3Na/c1-15(4-9-23(28)27-14-24(29)30)18-7-8-19-17-6-5-16-12-21(37-39(31,32)33)22(38-40(34,35)36)13-26(16,3)20(17)10-11-25(18,19)2;;;/h15-22H,4-14H2,1-3H3,(H,27,28)(H,29,30)(H,31,32,33)(H,34,35,36);;;/q;3*+1/p-3/t15-,16+,17+,18-,19+,20+,21+,22+,25-,26+;;;/m1.../s1. The quantitative estimate of drug-likeness (QED) is 0.131. The second kappa shape index (κ2) is 16.4. The van der Waals surface area contributed by atoms with Gasteiger partial charge in [-0.2, -0.15) is 0 Å². The molecule has 0 aromatic rings. The van der Waals surface area contributed by atoms with E-state index in [1.54, 1.807) is 0 Å². The van der Waals surface area contributed by atoms with Crippen LogP contribution in [0.4, 0.5) is 0 Å². The molecule has 0 bridgehead atoms. The van der Waals surface area contributed by atoms with Crippen molar-refractivity contribution in [2.24, 2.45) is 46.3 Å². The Bertz CT molecular complexity index is 1210. The van der Waals surface area contributed by atoms with Crippen molar-refractivity contribution < 1.29 is 138 Å². The molecule has 43 heavy (non-hydrogen) atoms. The molecule has 17 heteroatoms. The first-order valence-corrected chi connectivity index (χ1v) is 16.8. The van der Waals surface area contributed by atoms with Crippen LogP contribution in [0.2, 0.25) is 0 Å². The molecule has 1 amide bonds. The topological polar surface area (TPSA) is 202 Å². The molecule has 0 aliphatic heterocycles. The molecule has 12 nitrogen and oxygen atoms in total. The number of hydrogen-bond donors (Lipinski definition) is 1. The Hall–Kier alpha value is 1.68. The Balaban J connectivity index is 0.00000308. The molecule has 230 valence electrons. The molecule has 0 spiro atoms. The van der Waals surface area contributed by atoms with Crippen molar-refractivity contribution in [3.63, 3.8) is 0 Å². The van der Waals surface area contributed by atoms with E-state index in [-0.39, 0.29) is 137 Å². The van der Waals surface area contributed by atoms with Gasteiger partial charge in [0.25, 0.3) is 0 Å². The summed E-state index contributed by atoms with van der Waals surface area (Å²) < 4.78 is 78.0. The summed E-state index contributed by atoms with van der Waals surface area (Å²) in [7, 11) is -10.3. The number of carboxylic acid groups (broad SMARTS) is 1. The van der Waals surface area contributed by atoms with E-state index in [9.17, 15) is 40.6 Å². The van der Waals surface area contributed by atoms with Gasteiger partial charge in [-0.25, -0.2) is 16.8 Å². The molecule has 0 unspecified atom stereocenters. The van der Waals surface area contributed by atoms with Gasteiger partial charge in [0, 0.05) is 6.42 Å². The Morgan fingerprint density at radius 1 is 0.884 bits per heavy atom. The van der Waals surface area contributed by atoms with E-state index in [4.69, 9.17) is 4.18 Å². The van der Waals surface area contributed by atoms with Gasteiger partial charge >= 0.3 is 88.7 Å². The maximum atomic E-state index is 12.1. The van der Waals surface area contributed by atoms with E-state index in [2.05, 4.69) is 30.3 Å². The first kappa shape index (κ1) is 42.7. The summed E-state index contributed by atoms with van der Waals surface area (Å²) >= 11 is 0. The maximum Gasteiger partial charge on any atom is 1.00 e. The average molecular weight is 676 g/mol. The zero-order chi connectivity index (χ0) is 29.7. The Kier molecular flexibility index (Phi) is 16.3. The van der Waals surface area contributed by atoms with Crippen LogP contribution >= 0.6 is 0 Å². The van der Waals surface area contributed by atoms with Crippen molar-refractivity contribution in [3.8, 4) is 0 Å². The predicted molar refractivity (Wildman–Crippen MR) is 136 cm³/mol. The number of carboxylic acids is 1. The summed E-state index contributed by atoms with van der Waals surface area (Å²) in [6, 6.07) is 0. The van der Waals surface area contributed by atoms with Crippen molar-refractivity contribution in [2.75, 3.05) is 6.54 Å². The fourth-order valence-corrected chi connectivity index (χ4v) is 10.5. The number of hydrogen-bond acceptors (Lipinski definition) is 11. The largest absolute Gasteiger partial charge is 1.00 e. The normalized spacial score (nSPS) is 37.6. The van der Waals surface area contributed by atoms with Gasteiger partial charge in [0.2, 0.25) is 26.7 Å². The van der Waals surface area contributed by atoms with E-state index in [1.807, 2.05) is 0 Å². The smallest absolute Gasteiger partial charge is 0.726 e. The average Bonchev–Trinajstić information content (AvgIpc) is 3.17. The molecule has 0 aromatic heterocycles. The van der Waals surface area contributed by atoms with Crippen LogP contribution in [0.5, 0.6) is 0 Å². The number of nitrogens with one attached hydrogen (secondary N) is 1. The number of aliphatic carboxylic acids is 1. The van der Waals surface area contributed by atoms with Gasteiger partial charge in [-0.1, -0.05) is 20.8 Å². The molecule has 4 fully saturated rings. The monoisotopic (exact) mass is 675 g/mol. The van der Waals surface area contributed by atoms with Crippen LogP contribution in [0, 0.1) is 46.3 Å². The second-order valence-corrected chi connectivity index (χ2v) is 15.1. The number of carbonyl (C=O) groups is 2. The molecule has 0 aromatic carbocycles. The third kappa shape index (κ3) is 10.1. The molecule has 0 saturated heterocycles. The zero-order valence-electron chi connectivity index (χ0n) is 26.2. The van der Waals surface area contributed by atoms with Gasteiger partial charge in [-0.15, -0.1) is 0 Å².